The lowest BCUT2D eigenvalue weighted by atomic mass is 10.2. The number of nitrogens with zero attached hydrogens (tertiary/aromatic N) is 5. The van der Waals surface area contributed by atoms with Gasteiger partial charge in [0.1, 0.15) is 6.67 Å². The molecule has 0 saturated heterocycles. The van der Waals surface area contributed by atoms with Crippen LogP contribution in [-0.4, -0.2) is 30.4 Å². The van der Waals surface area contributed by atoms with Crippen LogP contribution < -0.4 is 5.32 Å². The van der Waals surface area contributed by atoms with Crippen molar-refractivity contribution in [1.82, 2.24) is 19.6 Å². The number of aromatic nitrogens is 4. The fourth-order valence-corrected chi connectivity index (χ4v) is 2.87. The molecule has 0 saturated carbocycles. The third-order valence-electron chi connectivity index (χ3n) is 3.85. The maximum absolute atomic E-state index is 12.4. The minimum absolute atomic E-state index is 0.146. The molecule has 1 amide bonds. The van der Waals surface area contributed by atoms with E-state index in [2.05, 4.69) is 31.4 Å². The fraction of sp³-hybridized carbons (Fsp3) is 0.188. The van der Waals surface area contributed by atoms with E-state index in [0.717, 1.165) is 15.9 Å². The molecule has 0 aliphatic rings. The van der Waals surface area contributed by atoms with E-state index in [9.17, 15) is 14.9 Å². The van der Waals surface area contributed by atoms with Crippen LogP contribution in [0.3, 0.4) is 0 Å². The lowest BCUT2D eigenvalue weighted by molar-refractivity contribution is -0.384. The molecule has 0 atom stereocenters. The molecule has 27 heavy (non-hydrogen) atoms. The van der Waals surface area contributed by atoms with E-state index in [1.54, 1.807) is 21.6 Å². The van der Waals surface area contributed by atoms with Crippen molar-refractivity contribution >= 4 is 44.8 Å². The number of rotatable bonds is 5. The number of hydrogen-bond donors (Lipinski definition) is 1. The van der Waals surface area contributed by atoms with E-state index in [0.29, 0.717) is 6.67 Å². The summed E-state index contributed by atoms with van der Waals surface area (Å²) in [6.45, 7) is 4.15. The molecule has 0 aliphatic carbocycles. The Hall–Kier alpha value is -2.72. The van der Waals surface area contributed by atoms with Crippen LogP contribution in [0.2, 0.25) is 5.02 Å². The van der Waals surface area contributed by atoms with E-state index in [-0.39, 0.29) is 22.1 Å². The van der Waals surface area contributed by atoms with Crippen LogP contribution >= 0.6 is 27.5 Å². The topological polar surface area (TPSA) is 108 Å². The first-order chi connectivity index (χ1) is 12.8. The number of nitro groups is 1. The predicted octanol–water partition coefficient (Wildman–Crippen LogP) is 3.78. The zero-order chi connectivity index (χ0) is 19.7. The summed E-state index contributed by atoms with van der Waals surface area (Å²) in [4.78, 5) is 22.7. The van der Waals surface area contributed by atoms with Crippen molar-refractivity contribution in [2.45, 2.75) is 20.5 Å². The molecule has 11 heteroatoms. The number of nitrogens with one attached hydrogen (secondary N) is 1. The molecule has 0 aliphatic heterocycles. The highest BCUT2D eigenvalue weighted by molar-refractivity contribution is 9.10. The van der Waals surface area contributed by atoms with Gasteiger partial charge in [0.2, 0.25) is 0 Å². The van der Waals surface area contributed by atoms with Gasteiger partial charge in [0.25, 0.3) is 11.6 Å². The van der Waals surface area contributed by atoms with Crippen molar-refractivity contribution in [3.05, 3.63) is 67.2 Å². The molecule has 2 heterocycles. The Balaban J connectivity index is 1.76. The molecule has 1 N–H and O–H groups in total. The lowest BCUT2D eigenvalue weighted by Gasteiger charge is -2.06. The van der Waals surface area contributed by atoms with Gasteiger partial charge in [0.15, 0.2) is 5.69 Å². The van der Waals surface area contributed by atoms with Crippen molar-refractivity contribution in [1.29, 1.82) is 0 Å². The number of hydrogen-bond acceptors (Lipinski definition) is 5. The number of anilines is 1. The van der Waals surface area contributed by atoms with E-state index in [4.69, 9.17) is 11.6 Å². The summed E-state index contributed by atoms with van der Waals surface area (Å²) in [5.74, 6) is -0.523. The number of carbonyl (C=O) groups is 1. The van der Waals surface area contributed by atoms with Crippen LogP contribution in [0.1, 0.15) is 21.9 Å². The van der Waals surface area contributed by atoms with Gasteiger partial charge in [-0.25, -0.2) is 4.68 Å². The van der Waals surface area contributed by atoms with Crippen LogP contribution in [0.4, 0.5) is 11.4 Å². The second-order valence-electron chi connectivity index (χ2n) is 5.74. The summed E-state index contributed by atoms with van der Waals surface area (Å²) >= 11 is 9.46. The average molecular weight is 454 g/mol. The highest BCUT2D eigenvalue weighted by atomic mass is 79.9. The van der Waals surface area contributed by atoms with Crippen molar-refractivity contribution in [2.24, 2.45) is 0 Å². The van der Waals surface area contributed by atoms with Gasteiger partial charge in [-0.2, -0.15) is 10.2 Å². The number of amides is 1. The van der Waals surface area contributed by atoms with Crippen molar-refractivity contribution in [2.75, 3.05) is 5.32 Å². The number of benzene rings is 1. The molecule has 3 rings (SSSR count). The Kier molecular flexibility index (Phi) is 5.29. The Morgan fingerprint density at radius 2 is 2.07 bits per heavy atom. The fourth-order valence-electron chi connectivity index (χ4n) is 2.42. The van der Waals surface area contributed by atoms with E-state index in [1.807, 2.05) is 13.8 Å². The quantitative estimate of drug-likeness (QED) is 0.467. The molecule has 0 radical (unpaired) electrons. The van der Waals surface area contributed by atoms with Crippen LogP contribution in [0.15, 0.2) is 34.9 Å². The Bertz CT molecular complexity index is 1040. The average Bonchev–Trinajstić information content (AvgIpc) is 3.18. The summed E-state index contributed by atoms with van der Waals surface area (Å²) in [6, 6.07) is 5.36. The van der Waals surface area contributed by atoms with Gasteiger partial charge in [-0.05, 0) is 41.9 Å². The second kappa shape index (κ2) is 7.49. The molecule has 2 aromatic heterocycles. The maximum Gasteiger partial charge on any atom is 0.276 e. The summed E-state index contributed by atoms with van der Waals surface area (Å²) in [5.41, 5.74) is 1.93. The molecule has 1 aromatic carbocycles. The van der Waals surface area contributed by atoms with Gasteiger partial charge in [-0.1, -0.05) is 11.6 Å². The van der Waals surface area contributed by atoms with Crippen LogP contribution in [-0.2, 0) is 6.67 Å². The first-order valence-corrected chi connectivity index (χ1v) is 8.91. The molecule has 140 valence electrons. The van der Waals surface area contributed by atoms with Gasteiger partial charge in [0.05, 0.1) is 31.5 Å². The summed E-state index contributed by atoms with van der Waals surface area (Å²) in [5, 5.41) is 22.2. The van der Waals surface area contributed by atoms with Gasteiger partial charge >= 0.3 is 0 Å². The molecule has 0 unspecified atom stereocenters. The number of carbonyl (C=O) groups excluding carboxylic acids is 1. The monoisotopic (exact) mass is 452 g/mol. The number of halogens is 2. The van der Waals surface area contributed by atoms with Crippen molar-refractivity contribution in [3.8, 4) is 0 Å². The Morgan fingerprint density at radius 3 is 2.70 bits per heavy atom. The number of aryl methyl sites for hydroxylation is 1. The second-order valence-corrected chi connectivity index (χ2v) is 6.94. The Morgan fingerprint density at radius 1 is 1.33 bits per heavy atom. The highest BCUT2D eigenvalue weighted by Gasteiger charge is 2.16. The van der Waals surface area contributed by atoms with Crippen LogP contribution in [0, 0.1) is 24.0 Å². The normalized spacial score (nSPS) is 10.8. The summed E-state index contributed by atoms with van der Waals surface area (Å²) in [7, 11) is 0. The largest absolute Gasteiger partial charge is 0.319 e. The third kappa shape index (κ3) is 4.01. The predicted molar refractivity (Wildman–Crippen MR) is 103 cm³/mol. The summed E-state index contributed by atoms with van der Waals surface area (Å²) in [6.07, 6.45) is 1.65. The van der Waals surface area contributed by atoms with Gasteiger partial charge in [0, 0.05) is 18.3 Å². The van der Waals surface area contributed by atoms with Crippen LogP contribution in [0.25, 0.3) is 0 Å². The van der Waals surface area contributed by atoms with Gasteiger partial charge < -0.3 is 5.32 Å². The smallest absolute Gasteiger partial charge is 0.276 e. The number of non-ortho nitro benzene ring substituents is 1. The number of nitro benzene ring substituents is 1. The van der Waals surface area contributed by atoms with E-state index >= 15 is 0 Å². The van der Waals surface area contributed by atoms with E-state index < -0.39 is 10.8 Å². The molecule has 0 bridgehead atoms. The van der Waals surface area contributed by atoms with Crippen LogP contribution in [0.5, 0.6) is 0 Å². The zero-order valence-corrected chi connectivity index (χ0v) is 16.7. The molecule has 9 nitrogen and oxygen atoms in total. The third-order valence-corrected chi connectivity index (χ3v) is 5.33. The van der Waals surface area contributed by atoms with Crippen molar-refractivity contribution in [3.63, 3.8) is 0 Å². The first kappa shape index (κ1) is 19.1. The molecular weight excluding hydrogens is 440 g/mol. The zero-order valence-electron chi connectivity index (χ0n) is 14.3. The highest BCUT2D eigenvalue weighted by Crippen LogP contribution is 2.27. The van der Waals surface area contributed by atoms with Gasteiger partial charge in [-0.15, -0.1) is 0 Å². The molecule has 3 aromatic rings. The first-order valence-electron chi connectivity index (χ1n) is 7.74. The van der Waals surface area contributed by atoms with E-state index in [1.165, 1.54) is 18.2 Å². The molecular formula is C16H14BrClN6O3. The SMILES string of the molecule is Cc1nn(Cn2ccc(C(=O)Nc3cc([N+](=O)[O-])ccc3Cl)n2)c(C)c1Br. The van der Waals surface area contributed by atoms with Crippen molar-refractivity contribution < 1.29 is 9.72 Å². The maximum atomic E-state index is 12.4. The minimum atomic E-state index is -0.562. The molecule has 0 spiro atoms. The lowest BCUT2D eigenvalue weighted by Crippen LogP contribution is -2.16. The Labute approximate surface area is 167 Å². The van der Waals surface area contributed by atoms with Gasteiger partial charge in [-0.3, -0.25) is 19.6 Å². The summed E-state index contributed by atoms with van der Waals surface area (Å²) < 4.78 is 4.24. The standard InChI is InChI=1S/C16H14BrClN6O3/c1-9-15(17)10(2)23(20-9)8-22-6-5-13(21-22)16(25)19-14-7-11(24(26)27)3-4-12(14)18/h3-7H,8H2,1-2H3,(H,19,25). The molecule has 0 fully saturated rings. The minimum Gasteiger partial charge on any atom is -0.319 e.